The molecule has 1 fully saturated rings. The van der Waals surface area contributed by atoms with Crippen LogP contribution in [0.1, 0.15) is 5.89 Å². The summed E-state index contributed by atoms with van der Waals surface area (Å²) in [6.45, 7) is 4.59. The maximum absolute atomic E-state index is 5.31. The number of hydrogen-bond acceptors (Lipinski definition) is 6. The second-order valence-electron chi connectivity index (χ2n) is 4.19. The molecule has 5 nitrogen and oxygen atoms in total. The standard InChI is InChI=1S/C12H15N3O2S/c1-2-10(18-9-1)12-13-11(17-14-12)3-4-15-5-7-16-8-6-15/h1-2,9H,3-8H2. The van der Waals surface area contributed by atoms with Crippen molar-refractivity contribution in [3.05, 3.63) is 23.4 Å². The predicted molar refractivity (Wildman–Crippen MR) is 68.6 cm³/mol. The Hall–Kier alpha value is -1.24. The molecule has 18 heavy (non-hydrogen) atoms. The fraction of sp³-hybridized carbons (Fsp3) is 0.500. The number of morpholine rings is 1. The van der Waals surface area contributed by atoms with Gasteiger partial charge in [-0.05, 0) is 11.4 Å². The van der Waals surface area contributed by atoms with Crippen molar-refractivity contribution in [2.24, 2.45) is 0 Å². The van der Waals surface area contributed by atoms with Crippen molar-refractivity contribution in [2.45, 2.75) is 6.42 Å². The average Bonchev–Trinajstić information content (AvgIpc) is 3.08. The SMILES string of the molecule is c1csc(-c2noc(CCN3CCOCC3)n2)c1. The number of aromatic nitrogens is 2. The molecule has 3 heterocycles. The Morgan fingerprint density at radius 3 is 3.00 bits per heavy atom. The Balaban J connectivity index is 1.57. The number of ether oxygens (including phenoxy) is 1. The lowest BCUT2D eigenvalue weighted by atomic mass is 10.3. The molecule has 1 saturated heterocycles. The van der Waals surface area contributed by atoms with Crippen LogP contribution in [0.5, 0.6) is 0 Å². The van der Waals surface area contributed by atoms with Crippen molar-refractivity contribution < 1.29 is 9.26 Å². The first-order valence-corrected chi connectivity index (χ1v) is 6.96. The second-order valence-corrected chi connectivity index (χ2v) is 5.14. The summed E-state index contributed by atoms with van der Waals surface area (Å²) in [6, 6.07) is 3.99. The van der Waals surface area contributed by atoms with E-state index in [2.05, 4.69) is 15.0 Å². The van der Waals surface area contributed by atoms with E-state index in [1.165, 1.54) is 0 Å². The minimum absolute atomic E-state index is 0.696. The van der Waals surface area contributed by atoms with Crippen LogP contribution in [-0.4, -0.2) is 47.9 Å². The lowest BCUT2D eigenvalue weighted by Crippen LogP contribution is -2.37. The quantitative estimate of drug-likeness (QED) is 0.841. The molecule has 0 N–H and O–H groups in total. The molecule has 96 valence electrons. The summed E-state index contributed by atoms with van der Waals surface area (Å²) in [4.78, 5) is 7.82. The van der Waals surface area contributed by atoms with Crippen LogP contribution in [0.25, 0.3) is 10.7 Å². The van der Waals surface area contributed by atoms with E-state index in [-0.39, 0.29) is 0 Å². The smallest absolute Gasteiger partial charge is 0.228 e. The van der Waals surface area contributed by atoms with Gasteiger partial charge in [0.25, 0.3) is 0 Å². The fourth-order valence-electron chi connectivity index (χ4n) is 1.94. The van der Waals surface area contributed by atoms with Gasteiger partial charge in [0.05, 0.1) is 18.1 Å². The zero-order chi connectivity index (χ0) is 12.2. The molecule has 0 aliphatic carbocycles. The van der Waals surface area contributed by atoms with Crippen LogP contribution >= 0.6 is 11.3 Å². The first-order chi connectivity index (χ1) is 8.92. The maximum atomic E-state index is 5.31. The summed E-state index contributed by atoms with van der Waals surface area (Å²) < 4.78 is 10.6. The Labute approximate surface area is 109 Å². The molecule has 2 aromatic rings. The molecule has 3 rings (SSSR count). The van der Waals surface area contributed by atoms with Crippen LogP contribution < -0.4 is 0 Å². The number of hydrogen-bond donors (Lipinski definition) is 0. The lowest BCUT2D eigenvalue weighted by molar-refractivity contribution is 0.0375. The second kappa shape index (κ2) is 5.60. The summed E-state index contributed by atoms with van der Waals surface area (Å²) in [6.07, 6.45) is 0.804. The molecule has 0 radical (unpaired) electrons. The highest BCUT2D eigenvalue weighted by molar-refractivity contribution is 7.13. The number of thiophene rings is 1. The molecule has 0 bridgehead atoms. The summed E-state index contributed by atoms with van der Waals surface area (Å²) >= 11 is 1.62. The van der Waals surface area contributed by atoms with E-state index in [4.69, 9.17) is 9.26 Å². The molecule has 2 aromatic heterocycles. The minimum atomic E-state index is 0.696. The summed E-state index contributed by atoms with van der Waals surface area (Å²) in [7, 11) is 0. The third-order valence-corrected chi connectivity index (χ3v) is 3.82. The lowest BCUT2D eigenvalue weighted by Gasteiger charge is -2.25. The highest BCUT2D eigenvalue weighted by atomic mass is 32.1. The average molecular weight is 265 g/mol. The van der Waals surface area contributed by atoms with Gasteiger partial charge in [-0.1, -0.05) is 11.2 Å². The largest absolute Gasteiger partial charge is 0.379 e. The summed E-state index contributed by atoms with van der Waals surface area (Å²) in [5.41, 5.74) is 0. The highest BCUT2D eigenvalue weighted by Gasteiger charge is 2.13. The van der Waals surface area contributed by atoms with E-state index in [1.807, 2.05) is 17.5 Å². The Kier molecular flexibility index (Phi) is 3.68. The third kappa shape index (κ3) is 2.77. The molecular weight excluding hydrogens is 250 g/mol. The van der Waals surface area contributed by atoms with Crippen LogP contribution in [0.3, 0.4) is 0 Å². The van der Waals surface area contributed by atoms with E-state index in [0.29, 0.717) is 11.7 Å². The molecular formula is C12H15N3O2S. The van der Waals surface area contributed by atoms with Crippen molar-refractivity contribution in [3.8, 4) is 10.7 Å². The van der Waals surface area contributed by atoms with E-state index < -0.39 is 0 Å². The zero-order valence-corrected chi connectivity index (χ0v) is 10.9. The van der Waals surface area contributed by atoms with Crippen molar-refractivity contribution in [3.63, 3.8) is 0 Å². The number of nitrogens with zero attached hydrogens (tertiary/aromatic N) is 3. The maximum Gasteiger partial charge on any atom is 0.228 e. The molecule has 1 aliphatic heterocycles. The van der Waals surface area contributed by atoms with Crippen LogP contribution in [0.15, 0.2) is 22.0 Å². The van der Waals surface area contributed by atoms with Gasteiger partial charge in [-0.2, -0.15) is 4.98 Å². The van der Waals surface area contributed by atoms with Crippen LogP contribution in [-0.2, 0) is 11.2 Å². The molecule has 0 amide bonds. The van der Waals surface area contributed by atoms with Gasteiger partial charge in [-0.15, -0.1) is 11.3 Å². The van der Waals surface area contributed by atoms with Gasteiger partial charge in [0.15, 0.2) is 0 Å². The zero-order valence-electron chi connectivity index (χ0n) is 10.0. The van der Waals surface area contributed by atoms with Gasteiger partial charge in [0.1, 0.15) is 0 Å². The third-order valence-electron chi connectivity index (χ3n) is 2.96. The van der Waals surface area contributed by atoms with Crippen molar-refractivity contribution in [1.29, 1.82) is 0 Å². The number of rotatable bonds is 4. The van der Waals surface area contributed by atoms with Gasteiger partial charge in [-0.25, -0.2) is 0 Å². The first-order valence-electron chi connectivity index (χ1n) is 6.08. The van der Waals surface area contributed by atoms with Crippen molar-refractivity contribution in [2.75, 3.05) is 32.8 Å². The molecule has 0 unspecified atom stereocenters. The van der Waals surface area contributed by atoms with Gasteiger partial charge < -0.3 is 9.26 Å². The van der Waals surface area contributed by atoms with Crippen LogP contribution in [0.4, 0.5) is 0 Å². The Bertz CT molecular complexity index is 477. The van der Waals surface area contributed by atoms with Crippen LogP contribution in [0, 0.1) is 0 Å². The topological polar surface area (TPSA) is 51.4 Å². The summed E-state index contributed by atoms with van der Waals surface area (Å²) in [5.74, 6) is 1.41. The summed E-state index contributed by atoms with van der Waals surface area (Å²) in [5, 5.41) is 6.02. The Morgan fingerprint density at radius 2 is 2.22 bits per heavy atom. The predicted octanol–water partition coefficient (Wildman–Crippen LogP) is 1.67. The van der Waals surface area contributed by atoms with Gasteiger partial charge >= 0.3 is 0 Å². The molecule has 0 spiro atoms. The van der Waals surface area contributed by atoms with E-state index in [1.54, 1.807) is 11.3 Å². The van der Waals surface area contributed by atoms with E-state index in [9.17, 15) is 0 Å². The van der Waals surface area contributed by atoms with E-state index in [0.717, 1.165) is 44.1 Å². The fourth-order valence-corrected chi connectivity index (χ4v) is 2.59. The monoisotopic (exact) mass is 265 g/mol. The van der Waals surface area contributed by atoms with Gasteiger partial charge in [0.2, 0.25) is 11.7 Å². The van der Waals surface area contributed by atoms with Gasteiger partial charge in [-0.3, -0.25) is 4.90 Å². The molecule has 1 aliphatic rings. The van der Waals surface area contributed by atoms with Gasteiger partial charge in [0, 0.05) is 26.1 Å². The molecule has 6 heteroatoms. The van der Waals surface area contributed by atoms with Crippen molar-refractivity contribution in [1.82, 2.24) is 15.0 Å². The molecule has 0 aromatic carbocycles. The minimum Gasteiger partial charge on any atom is -0.379 e. The Morgan fingerprint density at radius 1 is 1.33 bits per heavy atom. The first kappa shape index (κ1) is 11.8. The van der Waals surface area contributed by atoms with Crippen molar-refractivity contribution >= 4 is 11.3 Å². The van der Waals surface area contributed by atoms with E-state index >= 15 is 0 Å². The van der Waals surface area contributed by atoms with Crippen LogP contribution in [0.2, 0.25) is 0 Å². The molecule has 0 saturated carbocycles. The highest BCUT2D eigenvalue weighted by Crippen LogP contribution is 2.21. The normalized spacial score (nSPS) is 17.1. The molecule has 0 atom stereocenters.